The highest BCUT2D eigenvalue weighted by Crippen LogP contribution is 2.24. The van der Waals surface area contributed by atoms with E-state index >= 15 is 0 Å². The van der Waals surface area contributed by atoms with Crippen molar-refractivity contribution in [3.05, 3.63) is 23.8 Å². The summed E-state index contributed by atoms with van der Waals surface area (Å²) in [5.74, 6) is -0.145. The fraction of sp³-hybridized carbons (Fsp3) is 0.222. The van der Waals surface area contributed by atoms with E-state index in [4.69, 9.17) is 14.6 Å². The molecule has 0 unspecified atom stereocenters. The van der Waals surface area contributed by atoms with Crippen LogP contribution in [0.2, 0.25) is 0 Å². The topological polar surface area (TPSA) is 55.8 Å². The minimum absolute atomic E-state index is 0.128. The van der Waals surface area contributed by atoms with Crippen LogP contribution in [0.15, 0.2) is 18.2 Å². The molecule has 70 valence electrons. The number of aromatic carboxylic acids is 1. The van der Waals surface area contributed by atoms with Gasteiger partial charge in [0.25, 0.3) is 0 Å². The lowest BCUT2D eigenvalue weighted by Crippen LogP contribution is -2.00. The van der Waals surface area contributed by atoms with Gasteiger partial charge in [-0.25, -0.2) is 4.79 Å². The van der Waals surface area contributed by atoms with Gasteiger partial charge in [-0.1, -0.05) is 0 Å². The van der Waals surface area contributed by atoms with Crippen molar-refractivity contribution < 1.29 is 19.4 Å². The third-order valence-corrected chi connectivity index (χ3v) is 1.64. The first-order chi connectivity index (χ1) is 6.19. The number of carboxylic acids is 1. The second kappa shape index (κ2) is 3.80. The van der Waals surface area contributed by atoms with Crippen molar-refractivity contribution >= 4 is 5.97 Å². The Morgan fingerprint density at radius 2 is 2.00 bits per heavy atom. The van der Waals surface area contributed by atoms with Gasteiger partial charge in [0.2, 0.25) is 0 Å². The van der Waals surface area contributed by atoms with Crippen LogP contribution in [0.3, 0.4) is 0 Å². The second-order valence-corrected chi connectivity index (χ2v) is 2.37. The van der Waals surface area contributed by atoms with Crippen LogP contribution in [0.1, 0.15) is 10.4 Å². The minimum Gasteiger partial charge on any atom is -0.497 e. The lowest BCUT2D eigenvalue weighted by molar-refractivity contribution is 0.0693. The van der Waals surface area contributed by atoms with Crippen LogP contribution in [-0.2, 0) is 0 Å². The Labute approximate surface area is 75.7 Å². The van der Waals surface area contributed by atoms with Gasteiger partial charge in [-0.05, 0) is 12.1 Å². The Bertz CT molecular complexity index is 319. The van der Waals surface area contributed by atoms with E-state index in [0.717, 1.165) is 0 Å². The minimum atomic E-state index is -1.01. The first-order valence-corrected chi connectivity index (χ1v) is 3.64. The van der Waals surface area contributed by atoms with Gasteiger partial charge in [0.05, 0.1) is 14.2 Å². The van der Waals surface area contributed by atoms with Crippen LogP contribution >= 0.6 is 0 Å². The van der Waals surface area contributed by atoms with Gasteiger partial charge in [0.15, 0.2) is 0 Å². The lowest BCUT2D eigenvalue weighted by atomic mass is 10.2. The summed E-state index contributed by atoms with van der Waals surface area (Å²) in [4.78, 5) is 10.7. The third-order valence-electron chi connectivity index (χ3n) is 1.64. The van der Waals surface area contributed by atoms with Gasteiger partial charge in [-0.15, -0.1) is 0 Å². The Balaban J connectivity index is 3.15. The molecule has 0 atom stereocenters. The average molecular weight is 183 g/mol. The summed E-state index contributed by atoms with van der Waals surface area (Å²) >= 11 is 0. The Hall–Kier alpha value is -1.71. The van der Waals surface area contributed by atoms with E-state index in [1.165, 1.54) is 26.4 Å². The quantitative estimate of drug-likeness (QED) is 0.719. The summed E-state index contributed by atoms with van der Waals surface area (Å²) in [7, 11) is 2.93. The van der Waals surface area contributed by atoms with E-state index < -0.39 is 5.97 Å². The number of carbonyl (C=O) groups is 1. The largest absolute Gasteiger partial charge is 0.497 e. The molecule has 0 heterocycles. The van der Waals surface area contributed by atoms with Gasteiger partial charge in [0.1, 0.15) is 17.1 Å². The normalized spacial score (nSPS) is 9.38. The molecule has 0 aliphatic heterocycles. The fourth-order valence-corrected chi connectivity index (χ4v) is 0.975. The van der Waals surface area contributed by atoms with Crippen molar-refractivity contribution in [2.75, 3.05) is 14.2 Å². The average Bonchev–Trinajstić information content (AvgIpc) is 2.16. The van der Waals surface area contributed by atoms with E-state index in [0.29, 0.717) is 11.5 Å². The van der Waals surface area contributed by atoms with Gasteiger partial charge in [-0.3, -0.25) is 0 Å². The first kappa shape index (κ1) is 9.38. The van der Waals surface area contributed by atoms with E-state index in [1.807, 2.05) is 0 Å². The molecule has 0 radical (unpaired) electrons. The summed E-state index contributed by atoms with van der Waals surface area (Å²) in [6.07, 6.45) is 0. The summed E-state index contributed by atoms with van der Waals surface area (Å²) in [6.45, 7) is 0. The molecule has 0 amide bonds. The van der Waals surface area contributed by atoms with E-state index in [-0.39, 0.29) is 5.56 Å². The second-order valence-electron chi connectivity index (χ2n) is 2.37. The van der Waals surface area contributed by atoms with Crippen LogP contribution in [0.5, 0.6) is 11.5 Å². The van der Waals surface area contributed by atoms with E-state index in [9.17, 15) is 4.79 Å². The molecule has 1 N–H and O–H groups in total. The molecule has 0 saturated heterocycles. The lowest BCUT2D eigenvalue weighted by Gasteiger charge is -2.06. The summed E-state index contributed by atoms with van der Waals surface area (Å²) < 4.78 is 9.81. The Kier molecular flexibility index (Phi) is 2.74. The van der Waals surface area contributed by atoms with Crippen LogP contribution in [-0.4, -0.2) is 25.3 Å². The SMILES string of the molecule is COc1ccc([13C](=O)O)c(OC)c1. The molecule has 0 aromatic heterocycles. The number of hydrogen-bond acceptors (Lipinski definition) is 3. The maximum absolute atomic E-state index is 10.7. The summed E-state index contributed by atoms with van der Waals surface area (Å²) in [5, 5.41) is 8.74. The molecular weight excluding hydrogens is 173 g/mol. The molecular formula is C9H10O4. The van der Waals surface area contributed by atoms with Gasteiger partial charge >= 0.3 is 5.97 Å². The highest BCUT2D eigenvalue weighted by Gasteiger charge is 2.10. The maximum atomic E-state index is 10.7. The van der Waals surface area contributed by atoms with Crippen molar-refractivity contribution in [3.63, 3.8) is 0 Å². The molecule has 0 bridgehead atoms. The number of ether oxygens (including phenoxy) is 2. The standard InChI is InChI=1S/C9H10O4/c1-12-6-3-4-7(9(10)11)8(5-6)13-2/h3-5H,1-2H3,(H,10,11)/i9+1. The number of methoxy groups -OCH3 is 2. The number of benzene rings is 1. The van der Waals surface area contributed by atoms with E-state index in [1.54, 1.807) is 6.07 Å². The number of hydrogen-bond donors (Lipinski definition) is 1. The molecule has 0 aliphatic rings. The molecule has 1 rings (SSSR count). The van der Waals surface area contributed by atoms with Crippen molar-refractivity contribution in [1.82, 2.24) is 0 Å². The van der Waals surface area contributed by atoms with Crippen molar-refractivity contribution in [1.29, 1.82) is 0 Å². The number of rotatable bonds is 3. The predicted molar refractivity (Wildman–Crippen MR) is 46.5 cm³/mol. The highest BCUT2D eigenvalue weighted by atomic mass is 16.5. The molecule has 4 heteroatoms. The molecule has 13 heavy (non-hydrogen) atoms. The van der Waals surface area contributed by atoms with Crippen LogP contribution in [0.25, 0.3) is 0 Å². The molecule has 0 fully saturated rings. The van der Waals surface area contributed by atoms with Gasteiger partial charge in [-0.2, -0.15) is 0 Å². The molecule has 1 aromatic carbocycles. The Morgan fingerprint density at radius 3 is 2.46 bits per heavy atom. The van der Waals surface area contributed by atoms with Crippen LogP contribution < -0.4 is 9.47 Å². The molecule has 0 spiro atoms. The third kappa shape index (κ3) is 1.90. The zero-order valence-corrected chi connectivity index (χ0v) is 7.40. The van der Waals surface area contributed by atoms with Crippen molar-refractivity contribution in [3.8, 4) is 11.5 Å². The summed E-state index contributed by atoms with van der Waals surface area (Å²) in [5.41, 5.74) is 0.128. The van der Waals surface area contributed by atoms with Crippen molar-refractivity contribution in [2.24, 2.45) is 0 Å². The predicted octanol–water partition coefficient (Wildman–Crippen LogP) is 1.40. The monoisotopic (exact) mass is 183 g/mol. The van der Waals surface area contributed by atoms with Crippen LogP contribution in [0.4, 0.5) is 0 Å². The molecule has 0 saturated carbocycles. The summed E-state index contributed by atoms with van der Waals surface area (Å²) in [6, 6.07) is 4.55. The zero-order valence-electron chi connectivity index (χ0n) is 7.40. The van der Waals surface area contributed by atoms with E-state index in [2.05, 4.69) is 0 Å². The van der Waals surface area contributed by atoms with Gasteiger partial charge < -0.3 is 14.6 Å². The first-order valence-electron chi connectivity index (χ1n) is 3.64. The molecule has 4 nitrogen and oxygen atoms in total. The maximum Gasteiger partial charge on any atom is 0.339 e. The smallest absolute Gasteiger partial charge is 0.339 e. The van der Waals surface area contributed by atoms with Crippen LogP contribution in [0, 0.1) is 0 Å². The molecule has 0 aliphatic carbocycles. The fourth-order valence-electron chi connectivity index (χ4n) is 0.975. The number of carboxylic acid groups (broad SMARTS) is 1. The zero-order chi connectivity index (χ0) is 9.84. The molecule has 1 aromatic rings. The Morgan fingerprint density at radius 1 is 1.31 bits per heavy atom. The van der Waals surface area contributed by atoms with Crippen molar-refractivity contribution in [2.45, 2.75) is 0 Å². The van der Waals surface area contributed by atoms with Gasteiger partial charge in [0, 0.05) is 6.07 Å². The highest BCUT2D eigenvalue weighted by molar-refractivity contribution is 5.91.